The maximum Gasteiger partial charge on any atom is 0.0634 e. The van der Waals surface area contributed by atoms with Crippen LogP contribution >= 0.6 is 11.3 Å². The van der Waals surface area contributed by atoms with Crippen LogP contribution in [0.4, 0.5) is 0 Å². The van der Waals surface area contributed by atoms with Crippen molar-refractivity contribution in [1.29, 1.82) is 0 Å². The third-order valence-corrected chi connectivity index (χ3v) is 10.5. The number of rotatable bonds is 6. The van der Waals surface area contributed by atoms with Gasteiger partial charge in [-0.3, -0.25) is 0 Å². The van der Waals surface area contributed by atoms with Crippen LogP contribution in [-0.4, -0.2) is 11.6 Å². The zero-order chi connectivity index (χ0) is 28.8. The highest BCUT2D eigenvalue weighted by molar-refractivity contribution is 7.22. The van der Waals surface area contributed by atoms with Gasteiger partial charge in [0.2, 0.25) is 0 Å². The standard InChI is InChI=1S/C40H34N2S/c1-41-35(28-16-6-3-7-17-28)26-34(27-14-4-2-5-15-27)30-19-9-12-22-37(30)42-36-21-11-8-18-29(36)32-24-25-33-31-20-10-13-23-38(31)43-40(33)39(32)42/h2-21,23,26,34,37,41H,22,24-25H2,1H3/b35-26-. The van der Waals surface area contributed by atoms with Crippen molar-refractivity contribution in [3.05, 3.63) is 161 Å². The Hall–Kier alpha value is -4.60. The fourth-order valence-corrected chi connectivity index (χ4v) is 8.62. The molecule has 2 aromatic heterocycles. The first-order valence-electron chi connectivity index (χ1n) is 15.3. The SMILES string of the molecule is CN/C(=C\C(C1=CC=CCC1n1c2c(c3ccccc31)CCc1c-2sc2ccccc12)c1ccccc1)c1ccccc1. The number of thiophene rings is 1. The lowest BCUT2D eigenvalue weighted by Crippen LogP contribution is -2.20. The van der Waals surface area contributed by atoms with E-state index in [2.05, 4.69) is 143 Å². The molecule has 0 saturated carbocycles. The molecule has 0 aliphatic heterocycles. The third kappa shape index (κ3) is 4.38. The predicted octanol–water partition coefficient (Wildman–Crippen LogP) is 10.1. The van der Waals surface area contributed by atoms with Gasteiger partial charge in [0.05, 0.1) is 16.6 Å². The minimum Gasteiger partial charge on any atom is -0.388 e. The Labute approximate surface area is 257 Å². The second-order valence-corrected chi connectivity index (χ2v) is 12.6. The topological polar surface area (TPSA) is 17.0 Å². The molecule has 0 saturated heterocycles. The molecular formula is C40H34N2S. The van der Waals surface area contributed by atoms with E-state index in [0.717, 1.165) is 25.0 Å². The Kier molecular flexibility index (Phi) is 6.61. The monoisotopic (exact) mass is 574 g/mol. The van der Waals surface area contributed by atoms with Crippen LogP contribution in [0.25, 0.3) is 37.3 Å². The molecule has 2 aliphatic rings. The fraction of sp³-hybridized carbons (Fsp3) is 0.150. The van der Waals surface area contributed by atoms with E-state index < -0.39 is 0 Å². The zero-order valence-electron chi connectivity index (χ0n) is 24.3. The van der Waals surface area contributed by atoms with Crippen molar-refractivity contribution in [3.63, 3.8) is 0 Å². The maximum absolute atomic E-state index is 3.53. The van der Waals surface area contributed by atoms with E-state index in [1.54, 1.807) is 0 Å². The summed E-state index contributed by atoms with van der Waals surface area (Å²) in [5.41, 5.74) is 10.9. The van der Waals surface area contributed by atoms with Gasteiger partial charge in [0, 0.05) is 34.3 Å². The second kappa shape index (κ2) is 10.9. The van der Waals surface area contributed by atoms with E-state index in [-0.39, 0.29) is 12.0 Å². The van der Waals surface area contributed by atoms with Crippen molar-refractivity contribution in [2.45, 2.75) is 31.2 Å². The van der Waals surface area contributed by atoms with Gasteiger partial charge in [0.25, 0.3) is 0 Å². The number of para-hydroxylation sites is 1. The summed E-state index contributed by atoms with van der Waals surface area (Å²) >= 11 is 1.97. The van der Waals surface area contributed by atoms with E-state index in [1.165, 1.54) is 59.4 Å². The summed E-state index contributed by atoms with van der Waals surface area (Å²) in [6.07, 6.45) is 12.6. The van der Waals surface area contributed by atoms with Gasteiger partial charge in [-0.15, -0.1) is 11.3 Å². The first-order chi connectivity index (χ1) is 21.3. The van der Waals surface area contributed by atoms with E-state index >= 15 is 0 Å². The highest BCUT2D eigenvalue weighted by atomic mass is 32.1. The van der Waals surface area contributed by atoms with Crippen molar-refractivity contribution < 1.29 is 0 Å². The molecule has 210 valence electrons. The predicted molar refractivity (Wildman–Crippen MR) is 184 cm³/mol. The fourth-order valence-electron chi connectivity index (χ4n) is 7.30. The highest BCUT2D eigenvalue weighted by Gasteiger charge is 2.33. The van der Waals surface area contributed by atoms with Crippen molar-refractivity contribution in [1.82, 2.24) is 9.88 Å². The molecule has 43 heavy (non-hydrogen) atoms. The average molecular weight is 575 g/mol. The number of nitrogens with one attached hydrogen (secondary N) is 1. The molecule has 2 atom stereocenters. The van der Waals surface area contributed by atoms with Crippen LogP contribution in [0.5, 0.6) is 0 Å². The van der Waals surface area contributed by atoms with E-state index in [0.29, 0.717) is 0 Å². The first kappa shape index (κ1) is 26.1. The van der Waals surface area contributed by atoms with Crippen molar-refractivity contribution >= 4 is 38.0 Å². The first-order valence-corrected chi connectivity index (χ1v) is 16.1. The number of benzene rings is 4. The van der Waals surface area contributed by atoms with Gasteiger partial charge in [-0.1, -0.05) is 115 Å². The number of nitrogens with zero attached hydrogens (tertiary/aromatic N) is 1. The number of aryl methyl sites for hydroxylation is 2. The summed E-state index contributed by atoms with van der Waals surface area (Å²) in [6, 6.07) is 40.0. The molecule has 3 heteroatoms. The van der Waals surface area contributed by atoms with E-state index in [1.807, 2.05) is 18.4 Å². The third-order valence-electron chi connectivity index (χ3n) is 9.24. The van der Waals surface area contributed by atoms with Crippen LogP contribution in [0.15, 0.2) is 139 Å². The number of hydrogen-bond donors (Lipinski definition) is 1. The van der Waals surface area contributed by atoms with Gasteiger partial charge in [-0.25, -0.2) is 0 Å². The van der Waals surface area contributed by atoms with Crippen LogP contribution in [-0.2, 0) is 12.8 Å². The quantitative estimate of drug-likeness (QED) is 0.209. The number of fused-ring (bicyclic) bond motifs is 7. The molecule has 8 rings (SSSR count). The lowest BCUT2D eigenvalue weighted by molar-refractivity contribution is 0.571. The Balaban J connectivity index is 1.36. The van der Waals surface area contributed by atoms with Crippen LogP contribution in [0.2, 0.25) is 0 Å². The van der Waals surface area contributed by atoms with Gasteiger partial charge in [0.1, 0.15) is 0 Å². The van der Waals surface area contributed by atoms with E-state index in [9.17, 15) is 0 Å². The van der Waals surface area contributed by atoms with Gasteiger partial charge in [0.15, 0.2) is 0 Å². The average Bonchev–Trinajstić information content (AvgIpc) is 3.62. The number of aromatic nitrogens is 1. The van der Waals surface area contributed by atoms with Crippen LogP contribution in [0.3, 0.4) is 0 Å². The maximum atomic E-state index is 3.53. The molecule has 0 radical (unpaired) electrons. The van der Waals surface area contributed by atoms with Crippen LogP contribution < -0.4 is 5.32 Å². The largest absolute Gasteiger partial charge is 0.388 e. The Morgan fingerprint density at radius 2 is 1.51 bits per heavy atom. The summed E-state index contributed by atoms with van der Waals surface area (Å²) in [5, 5.41) is 6.36. The van der Waals surface area contributed by atoms with Gasteiger partial charge in [-0.05, 0) is 70.7 Å². The minimum atomic E-state index is 0.112. The Morgan fingerprint density at radius 1 is 0.814 bits per heavy atom. The molecule has 2 aliphatic carbocycles. The summed E-state index contributed by atoms with van der Waals surface area (Å²) in [6.45, 7) is 0. The zero-order valence-corrected chi connectivity index (χ0v) is 25.1. The summed E-state index contributed by atoms with van der Waals surface area (Å²) < 4.78 is 4.10. The Bertz CT molecular complexity index is 2040. The normalized spacial score (nSPS) is 17.0. The molecule has 1 N–H and O–H groups in total. The van der Waals surface area contributed by atoms with Crippen molar-refractivity contribution in [3.8, 4) is 10.6 Å². The lowest BCUT2D eigenvalue weighted by Gasteiger charge is -2.32. The van der Waals surface area contributed by atoms with E-state index in [4.69, 9.17) is 0 Å². The van der Waals surface area contributed by atoms with Crippen LogP contribution in [0.1, 0.15) is 40.6 Å². The molecule has 0 bridgehead atoms. The molecule has 0 amide bonds. The van der Waals surface area contributed by atoms with Crippen molar-refractivity contribution in [2.75, 3.05) is 7.05 Å². The molecular weight excluding hydrogens is 541 g/mol. The molecule has 0 spiro atoms. The van der Waals surface area contributed by atoms with Crippen LogP contribution in [0, 0.1) is 0 Å². The molecule has 2 unspecified atom stereocenters. The van der Waals surface area contributed by atoms with Gasteiger partial charge >= 0.3 is 0 Å². The van der Waals surface area contributed by atoms with Gasteiger partial charge < -0.3 is 9.88 Å². The van der Waals surface area contributed by atoms with Crippen molar-refractivity contribution in [2.24, 2.45) is 0 Å². The summed E-state index contributed by atoms with van der Waals surface area (Å²) in [7, 11) is 2.03. The molecule has 0 fully saturated rings. The molecule has 2 heterocycles. The lowest BCUT2D eigenvalue weighted by atomic mass is 9.82. The molecule has 6 aromatic rings. The second-order valence-electron chi connectivity index (χ2n) is 11.6. The number of hydrogen-bond acceptors (Lipinski definition) is 2. The Morgan fingerprint density at radius 3 is 2.33 bits per heavy atom. The highest BCUT2D eigenvalue weighted by Crippen LogP contribution is 2.51. The molecule has 4 aromatic carbocycles. The molecule has 2 nitrogen and oxygen atoms in total. The summed E-state index contributed by atoms with van der Waals surface area (Å²) in [5.74, 6) is 0.112. The number of allylic oxidation sites excluding steroid dienone is 5. The summed E-state index contributed by atoms with van der Waals surface area (Å²) in [4.78, 5) is 1.46. The smallest absolute Gasteiger partial charge is 0.0634 e. The minimum absolute atomic E-state index is 0.112. The van der Waals surface area contributed by atoms with Gasteiger partial charge in [-0.2, -0.15) is 0 Å².